The SMILES string of the molecule is CCCCNC(=O)[C@H](CC)N(CCc1ccccc1)C(=O)CCCN(c1ccc(OC)cc1)S(C)(=O)=O. The van der Waals surface area contributed by atoms with Crippen molar-refractivity contribution in [1.29, 1.82) is 0 Å². The van der Waals surface area contributed by atoms with Crippen molar-refractivity contribution in [3.05, 3.63) is 60.2 Å². The monoisotopic (exact) mass is 531 g/mol. The third-order valence-corrected chi connectivity index (χ3v) is 7.41. The van der Waals surface area contributed by atoms with E-state index in [1.54, 1.807) is 36.3 Å². The lowest BCUT2D eigenvalue weighted by molar-refractivity contribution is -0.140. The van der Waals surface area contributed by atoms with E-state index in [0.717, 1.165) is 24.7 Å². The molecule has 9 heteroatoms. The summed E-state index contributed by atoms with van der Waals surface area (Å²) in [5, 5.41) is 2.96. The van der Waals surface area contributed by atoms with Crippen LogP contribution in [0.2, 0.25) is 0 Å². The summed E-state index contributed by atoms with van der Waals surface area (Å²) in [5.41, 5.74) is 1.60. The molecule has 0 unspecified atom stereocenters. The predicted octanol–water partition coefficient (Wildman–Crippen LogP) is 4.01. The van der Waals surface area contributed by atoms with Crippen molar-refractivity contribution in [2.45, 2.75) is 58.4 Å². The number of nitrogens with one attached hydrogen (secondary N) is 1. The summed E-state index contributed by atoms with van der Waals surface area (Å²) in [6, 6.07) is 16.1. The van der Waals surface area contributed by atoms with Gasteiger partial charge in [0.2, 0.25) is 21.8 Å². The van der Waals surface area contributed by atoms with Crippen molar-refractivity contribution in [3.63, 3.8) is 0 Å². The van der Waals surface area contributed by atoms with Gasteiger partial charge in [-0.3, -0.25) is 13.9 Å². The van der Waals surface area contributed by atoms with Gasteiger partial charge >= 0.3 is 0 Å². The number of anilines is 1. The van der Waals surface area contributed by atoms with Crippen LogP contribution in [0.4, 0.5) is 5.69 Å². The van der Waals surface area contributed by atoms with Crippen LogP contribution >= 0.6 is 0 Å². The molecule has 0 fully saturated rings. The van der Waals surface area contributed by atoms with Gasteiger partial charge in [0.1, 0.15) is 11.8 Å². The zero-order valence-electron chi connectivity index (χ0n) is 22.5. The maximum absolute atomic E-state index is 13.4. The fourth-order valence-electron chi connectivity index (χ4n) is 4.15. The Balaban J connectivity index is 2.13. The van der Waals surface area contributed by atoms with E-state index in [2.05, 4.69) is 12.2 Å². The molecule has 0 bridgehead atoms. The highest BCUT2D eigenvalue weighted by molar-refractivity contribution is 7.92. The molecule has 204 valence electrons. The lowest BCUT2D eigenvalue weighted by Gasteiger charge is -2.31. The molecule has 0 saturated carbocycles. The Bertz CT molecular complexity index is 1070. The number of methoxy groups -OCH3 is 1. The molecule has 0 spiro atoms. The molecule has 0 aliphatic rings. The topological polar surface area (TPSA) is 96.0 Å². The van der Waals surface area contributed by atoms with Crippen molar-refractivity contribution in [3.8, 4) is 5.75 Å². The second-order valence-electron chi connectivity index (χ2n) is 9.03. The second-order valence-corrected chi connectivity index (χ2v) is 10.9. The molecule has 1 N–H and O–H groups in total. The molecule has 0 aromatic heterocycles. The van der Waals surface area contributed by atoms with Crippen molar-refractivity contribution < 1.29 is 22.7 Å². The Kier molecular flexibility index (Phi) is 12.4. The van der Waals surface area contributed by atoms with Gasteiger partial charge in [-0.15, -0.1) is 0 Å². The highest BCUT2D eigenvalue weighted by atomic mass is 32.2. The summed E-state index contributed by atoms with van der Waals surface area (Å²) in [6.07, 6.45) is 4.60. The first kappa shape index (κ1) is 30.2. The molecular weight excluding hydrogens is 490 g/mol. The maximum Gasteiger partial charge on any atom is 0.242 e. The number of unbranched alkanes of at least 4 members (excludes halogenated alkanes) is 1. The first-order valence-electron chi connectivity index (χ1n) is 12.9. The average Bonchev–Trinajstić information content (AvgIpc) is 2.89. The predicted molar refractivity (Wildman–Crippen MR) is 148 cm³/mol. The number of rotatable bonds is 16. The van der Waals surface area contributed by atoms with Gasteiger partial charge in [0, 0.05) is 26.1 Å². The van der Waals surface area contributed by atoms with E-state index in [-0.39, 0.29) is 24.8 Å². The molecule has 37 heavy (non-hydrogen) atoms. The van der Waals surface area contributed by atoms with Crippen molar-refractivity contribution in [2.75, 3.05) is 37.3 Å². The highest BCUT2D eigenvalue weighted by Gasteiger charge is 2.28. The van der Waals surface area contributed by atoms with Crippen LogP contribution in [0.3, 0.4) is 0 Å². The summed E-state index contributed by atoms with van der Waals surface area (Å²) in [7, 11) is -2.00. The number of benzene rings is 2. The normalized spacial score (nSPS) is 12.0. The summed E-state index contributed by atoms with van der Waals surface area (Å²) in [6.45, 7) is 5.12. The summed E-state index contributed by atoms with van der Waals surface area (Å²) < 4.78 is 31.4. The van der Waals surface area contributed by atoms with Gasteiger partial charge in [-0.1, -0.05) is 50.6 Å². The zero-order chi connectivity index (χ0) is 27.3. The molecule has 0 radical (unpaired) electrons. The van der Waals surface area contributed by atoms with Crippen LogP contribution in [0.5, 0.6) is 5.75 Å². The molecule has 1 atom stereocenters. The molecule has 0 heterocycles. The first-order valence-corrected chi connectivity index (χ1v) is 14.8. The number of carbonyl (C=O) groups is 2. The minimum atomic E-state index is -3.55. The van der Waals surface area contributed by atoms with Gasteiger partial charge in [0.15, 0.2) is 0 Å². The molecule has 0 aliphatic carbocycles. The third kappa shape index (κ3) is 9.72. The standard InChI is InChI=1S/C28H41N3O5S/c1-5-7-20-29-28(33)26(6-2)30(22-19-23-12-9-8-10-13-23)27(32)14-11-21-31(37(4,34)35)24-15-17-25(36-3)18-16-24/h8-10,12-13,15-18,26H,5-7,11,14,19-22H2,1-4H3,(H,29,33)/t26-/m0/s1. The van der Waals surface area contributed by atoms with Crippen LogP contribution in [0.15, 0.2) is 54.6 Å². The highest BCUT2D eigenvalue weighted by Crippen LogP contribution is 2.22. The number of ether oxygens (including phenoxy) is 1. The maximum atomic E-state index is 13.4. The quantitative estimate of drug-likeness (QED) is 0.330. The number of sulfonamides is 1. The molecule has 8 nitrogen and oxygen atoms in total. The van der Waals surface area contributed by atoms with Crippen LogP contribution in [0.25, 0.3) is 0 Å². The zero-order valence-corrected chi connectivity index (χ0v) is 23.3. The number of hydrogen-bond acceptors (Lipinski definition) is 5. The van der Waals surface area contributed by atoms with Gasteiger partial charge in [-0.25, -0.2) is 8.42 Å². The van der Waals surface area contributed by atoms with Crippen LogP contribution in [-0.4, -0.2) is 64.2 Å². The van der Waals surface area contributed by atoms with E-state index in [0.29, 0.717) is 43.8 Å². The van der Waals surface area contributed by atoms with Gasteiger partial charge in [0.05, 0.1) is 19.1 Å². The fraction of sp³-hybridized carbons (Fsp3) is 0.500. The Hall–Kier alpha value is -3.07. The van der Waals surface area contributed by atoms with Crippen molar-refractivity contribution >= 4 is 27.5 Å². The van der Waals surface area contributed by atoms with E-state index in [9.17, 15) is 18.0 Å². The molecule has 2 rings (SSSR count). The number of amides is 2. The molecule has 0 aliphatic heterocycles. The smallest absolute Gasteiger partial charge is 0.242 e. The summed E-state index contributed by atoms with van der Waals surface area (Å²) in [5.74, 6) is 0.328. The molecule has 2 amide bonds. The Labute approximate surface area is 222 Å². The third-order valence-electron chi connectivity index (χ3n) is 6.21. The van der Waals surface area contributed by atoms with E-state index in [4.69, 9.17) is 4.74 Å². The van der Waals surface area contributed by atoms with E-state index < -0.39 is 16.1 Å². The second kappa shape index (κ2) is 15.2. The summed E-state index contributed by atoms with van der Waals surface area (Å²) >= 11 is 0. The molecule has 2 aromatic carbocycles. The Morgan fingerprint density at radius 3 is 2.22 bits per heavy atom. The summed E-state index contributed by atoms with van der Waals surface area (Å²) in [4.78, 5) is 28.0. The van der Waals surface area contributed by atoms with Crippen molar-refractivity contribution in [2.24, 2.45) is 0 Å². The van der Waals surface area contributed by atoms with Gasteiger partial charge < -0.3 is 15.0 Å². The number of nitrogens with zero attached hydrogens (tertiary/aromatic N) is 2. The van der Waals surface area contributed by atoms with Gasteiger partial charge in [-0.05, 0) is 55.5 Å². The van der Waals surface area contributed by atoms with E-state index in [1.165, 1.54) is 4.31 Å². The van der Waals surface area contributed by atoms with Crippen molar-refractivity contribution in [1.82, 2.24) is 10.2 Å². The number of carbonyl (C=O) groups excluding carboxylic acids is 2. The largest absolute Gasteiger partial charge is 0.497 e. The minimum Gasteiger partial charge on any atom is -0.497 e. The van der Waals surface area contributed by atoms with E-state index in [1.807, 2.05) is 37.3 Å². The van der Waals surface area contributed by atoms with Crippen LogP contribution < -0.4 is 14.4 Å². The fourth-order valence-corrected chi connectivity index (χ4v) is 5.12. The lowest BCUT2D eigenvalue weighted by Crippen LogP contribution is -2.50. The average molecular weight is 532 g/mol. The molecular formula is C28H41N3O5S. The van der Waals surface area contributed by atoms with Crippen LogP contribution in [-0.2, 0) is 26.0 Å². The first-order chi connectivity index (χ1) is 17.7. The van der Waals surface area contributed by atoms with Crippen LogP contribution in [0.1, 0.15) is 51.5 Å². The molecule has 0 saturated heterocycles. The Morgan fingerprint density at radius 1 is 0.973 bits per heavy atom. The van der Waals surface area contributed by atoms with Gasteiger partial charge in [0.25, 0.3) is 0 Å². The lowest BCUT2D eigenvalue weighted by atomic mass is 10.1. The number of hydrogen-bond donors (Lipinski definition) is 1. The van der Waals surface area contributed by atoms with E-state index >= 15 is 0 Å². The minimum absolute atomic E-state index is 0.135. The van der Waals surface area contributed by atoms with Gasteiger partial charge in [-0.2, -0.15) is 0 Å². The van der Waals surface area contributed by atoms with Crippen LogP contribution in [0, 0.1) is 0 Å². The molecule has 2 aromatic rings. The Morgan fingerprint density at radius 2 is 1.65 bits per heavy atom.